The van der Waals surface area contributed by atoms with Crippen LogP contribution in [0.1, 0.15) is 27.6 Å². The number of carbonyl (C=O) groups is 1. The predicted molar refractivity (Wildman–Crippen MR) is 118 cm³/mol. The Kier molecular flexibility index (Phi) is 5.74. The normalized spacial score (nSPS) is 10.8. The van der Waals surface area contributed by atoms with Crippen molar-refractivity contribution in [2.45, 2.75) is 20.8 Å². The first-order chi connectivity index (χ1) is 15.0. The number of aromatic nitrogens is 6. The van der Waals surface area contributed by atoms with E-state index in [0.29, 0.717) is 36.1 Å². The summed E-state index contributed by atoms with van der Waals surface area (Å²) in [6.07, 6.45) is 3.54. The number of nitrogens with zero attached hydrogens (tertiary/aromatic N) is 6. The van der Waals surface area contributed by atoms with E-state index in [1.54, 1.807) is 21.6 Å². The minimum Gasteiger partial charge on any atom is -0.368 e. The zero-order valence-electron chi connectivity index (χ0n) is 17.7. The molecule has 0 aliphatic carbocycles. The Balaban J connectivity index is 1.35. The summed E-state index contributed by atoms with van der Waals surface area (Å²) in [4.78, 5) is 21.4. The first kappa shape index (κ1) is 20.3. The Morgan fingerprint density at radius 3 is 2.65 bits per heavy atom. The van der Waals surface area contributed by atoms with E-state index in [1.165, 1.54) is 0 Å². The molecule has 158 valence electrons. The minimum atomic E-state index is -0.141. The predicted octanol–water partition coefficient (Wildman–Crippen LogP) is 2.62. The van der Waals surface area contributed by atoms with Crippen LogP contribution in [0.5, 0.6) is 0 Å². The average Bonchev–Trinajstić information content (AvgIpc) is 3.40. The summed E-state index contributed by atoms with van der Waals surface area (Å²) in [5.41, 5.74) is 3.36. The molecule has 0 spiro atoms. The highest BCUT2D eigenvalue weighted by Gasteiger charge is 2.09. The maximum atomic E-state index is 12.5. The highest BCUT2D eigenvalue weighted by atomic mass is 16.1. The molecule has 2 N–H and O–H groups in total. The van der Waals surface area contributed by atoms with Gasteiger partial charge in [0.2, 0.25) is 0 Å². The van der Waals surface area contributed by atoms with Crippen molar-refractivity contribution < 1.29 is 4.79 Å². The largest absolute Gasteiger partial charge is 0.368 e. The van der Waals surface area contributed by atoms with Crippen LogP contribution in [0.2, 0.25) is 0 Å². The van der Waals surface area contributed by atoms with Gasteiger partial charge in [-0.05, 0) is 51.1 Å². The number of hydrogen-bond acceptors (Lipinski definition) is 6. The molecule has 0 unspecified atom stereocenters. The standard InChI is InChI=1S/C22H24N8O/c1-15-12-16(2)30(28-15)21-14-20(26-17(3)27-21)23-9-10-24-22(31)18-6-4-7-19(13-18)29-11-5-8-25-29/h4-8,11-14H,9-10H2,1-3H3,(H,24,31)(H,23,26,27). The molecule has 0 fully saturated rings. The van der Waals surface area contributed by atoms with E-state index >= 15 is 0 Å². The molecule has 31 heavy (non-hydrogen) atoms. The zero-order chi connectivity index (χ0) is 21.8. The molecule has 4 aromatic rings. The van der Waals surface area contributed by atoms with Gasteiger partial charge in [-0.25, -0.2) is 19.3 Å². The molecule has 0 aliphatic rings. The van der Waals surface area contributed by atoms with Crippen molar-refractivity contribution in [2.75, 3.05) is 18.4 Å². The SMILES string of the molecule is Cc1cc(C)n(-c2cc(NCCNC(=O)c3cccc(-n4cccn4)c3)nc(C)n2)n1. The lowest BCUT2D eigenvalue weighted by Gasteiger charge is -2.11. The fourth-order valence-corrected chi connectivity index (χ4v) is 3.29. The van der Waals surface area contributed by atoms with Crippen molar-refractivity contribution in [1.82, 2.24) is 34.8 Å². The van der Waals surface area contributed by atoms with Gasteiger partial charge in [-0.15, -0.1) is 0 Å². The summed E-state index contributed by atoms with van der Waals surface area (Å²) in [5, 5.41) is 14.8. The lowest BCUT2D eigenvalue weighted by molar-refractivity contribution is 0.0955. The molecule has 3 heterocycles. The van der Waals surface area contributed by atoms with Crippen molar-refractivity contribution in [2.24, 2.45) is 0 Å². The van der Waals surface area contributed by atoms with Crippen LogP contribution in [0, 0.1) is 20.8 Å². The van der Waals surface area contributed by atoms with Gasteiger partial charge in [0.15, 0.2) is 5.82 Å². The summed E-state index contributed by atoms with van der Waals surface area (Å²) in [7, 11) is 0. The van der Waals surface area contributed by atoms with Crippen LogP contribution in [0.4, 0.5) is 5.82 Å². The molecule has 1 amide bonds. The van der Waals surface area contributed by atoms with E-state index in [4.69, 9.17) is 0 Å². The van der Waals surface area contributed by atoms with Gasteiger partial charge in [0.25, 0.3) is 5.91 Å². The fraction of sp³-hybridized carbons (Fsp3) is 0.227. The third-order valence-corrected chi connectivity index (χ3v) is 4.64. The van der Waals surface area contributed by atoms with Gasteiger partial charge < -0.3 is 10.6 Å². The van der Waals surface area contributed by atoms with Gasteiger partial charge in [-0.2, -0.15) is 10.2 Å². The van der Waals surface area contributed by atoms with E-state index < -0.39 is 0 Å². The first-order valence-corrected chi connectivity index (χ1v) is 10.0. The Morgan fingerprint density at radius 2 is 1.90 bits per heavy atom. The van der Waals surface area contributed by atoms with Gasteiger partial charge in [0.1, 0.15) is 11.6 Å². The molecular weight excluding hydrogens is 392 g/mol. The van der Waals surface area contributed by atoms with Crippen LogP contribution < -0.4 is 10.6 Å². The van der Waals surface area contributed by atoms with Crippen LogP contribution in [0.3, 0.4) is 0 Å². The van der Waals surface area contributed by atoms with Crippen molar-refractivity contribution >= 4 is 11.7 Å². The van der Waals surface area contributed by atoms with Gasteiger partial charge in [-0.1, -0.05) is 6.07 Å². The third-order valence-electron chi connectivity index (χ3n) is 4.64. The summed E-state index contributed by atoms with van der Waals surface area (Å²) >= 11 is 0. The number of benzene rings is 1. The number of nitrogens with one attached hydrogen (secondary N) is 2. The maximum Gasteiger partial charge on any atom is 0.251 e. The first-order valence-electron chi connectivity index (χ1n) is 10.0. The van der Waals surface area contributed by atoms with Crippen molar-refractivity contribution in [3.8, 4) is 11.5 Å². The Hall–Kier alpha value is -4.01. The van der Waals surface area contributed by atoms with Gasteiger partial charge >= 0.3 is 0 Å². The minimum absolute atomic E-state index is 0.141. The molecule has 9 heteroatoms. The Morgan fingerprint density at radius 1 is 1.03 bits per heavy atom. The van der Waals surface area contributed by atoms with E-state index in [2.05, 4.69) is 30.8 Å². The molecule has 0 aliphatic heterocycles. The van der Waals surface area contributed by atoms with Crippen LogP contribution in [-0.2, 0) is 0 Å². The van der Waals surface area contributed by atoms with Crippen LogP contribution in [0.15, 0.2) is 54.9 Å². The smallest absolute Gasteiger partial charge is 0.251 e. The van der Waals surface area contributed by atoms with Gasteiger partial charge in [0, 0.05) is 42.8 Å². The van der Waals surface area contributed by atoms with Gasteiger partial charge in [0.05, 0.1) is 11.4 Å². The fourth-order valence-electron chi connectivity index (χ4n) is 3.29. The topological polar surface area (TPSA) is 103 Å². The molecule has 0 saturated carbocycles. The zero-order valence-corrected chi connectivity index (χ0v) is 17.7. The average molecular weight is 416 g/mol. The number of anilines is 1. The van der Waals surface area contributed by atoms with Crippen molar-refractivity contribution in [3.63, 3.8) is 0 Å². The second-order valence-electron chi connectivity index (χ2n) is 7.18. The van der Waals surface area contributed by atoms with E-state index in [1.807, 2.05) is 63.4 Å². The lowest BCUT2D eigenvalue weighted by atomic mass is 10.2. The summed E-state index contributed by atoms with van der Waals surface area (Å²) in [5.74, 6) is 1.90. The van der Waals surface area contributed by atoms with Crippen LogP contribution in [0.25, 0.3) is 11.5 Å². The van der Waals surface area contributed by atoms with E-state index in [-0.39, 0.29) is 5.91 Å². The van der Waals surface area contributed by atoms with Gasteiger partial charge in [-0.3, -0.25) is 4.79 Å². The Bertz CT molecular complexity index is 1200. The number of amides is 1. The highest BCUT2D eigenvalue weighted by molar-refractivity contribution is 5.94. The molecule has 0 bridgehead atoms. The number of rotatable bonds is 7. The second-order valence-corrected chi connectivity index (χ2v) is 7.18. The molecule has 3 aromatic heterocycles. The summed E-state index contributed by atoms with van der Waals surface area (Å²) in [6, 6.07) is 13.0. The quantitative estimate of drug-likeness (QED) is 0.449. The molecule has 1 aromatic carbocycles. The number of hydrogen-bond donors (Lipinski definition) is 2. The molecule has 0 saturated heterocycles. The second kappa shape index (κ2) is 8.78. The molecule has 4 rings (SSSR count). The number of carbonyl (C=O) groups excluding carboxylic acids is 1. The summed E-state index contributed by atoms with van der Waals surface area (Å²) in [6.45, 7) is 6.75. The lowest BCUT2D eigenvalue weighted by Crippen LogP contribution is -2.29. The van der Waals surface area contributed by atoms with Crippen molar-refractivity contribution in [1.29, 1.82) is 0 Å². The molecule has 9 nitrogen and oxygen atoms in total. The third kappa shape index (κ3) is 4.77. The molecular formula is C22H24N8O. The van der Waals surface area contributed by atoms with E-state index in [0.717, 1.165) is 17.1 Å². The van der Waals surface area contributed by atoms with Crippen LogP contribution >= 0.6 is 0 Å². The monoisotopic (exact) mass is 416 g/mol. The number of aryl methyl sites for hydroxylation is 3. The van der Waals surface area contributed by atoms with Crippen LogP contribution in [-0.4, -0.2) is 48.5 Å². The molecule has 0 radical (unpaired) electrons. The van der Waals surface area contributed by atoms with E-state index in [9.17, 15) is 4.79 Å². The Labute approximate surface area is 180 Å². The molecule has 0 atom stereocenters. The summed E-state index contributed by atoms with van der Waals surface area (Å²) < 4.78 is 3.51. The maximum absolute atomic E-state index is 12.5. The van der Waals surface area contributed by atoms with Crippen molar-refractivity contribution in [3.05, 3.63) is 77.6 Å². The highest BCUT2D eigenvalue weighted by Crippen LogP contribution is 2.14.